The molecule has 34 heavy (non-hydrogen) atoms. The van der Waals surface area contributed by atoms with Crippen LogP contribution in [0.25, 0.3) is 0 Å². The first-order valence-electron chi connectivity index (χ1n) is 11.9. The monoisotopic (exact) mass is 477 g/mol. The molecule has 1 aliphatic rings. The van der Waals surface area contributed by atoms with Gasteiger partial charge in [-0.15, -0.1) is 0 Å². The van der Waals surface area contributed by atoms with Gasteiger partial charge in [0.2, 0.25) is 0 Å². The van der Waals surface area contributed by atoms with E-state index in [1.165, 1.54) is 5.56 Å². The molecule has 0 saturated heterocycles. The normalized spacial score (nSPS) is 17.2. The standard InChI is InChI=1S/C29H32ClNO3/c1-4-10-22-23-13-8-9-14-26(23)34-27-16-15-21(30)17-24(27)25(22)18-31-19-33-28(32)29(2,3)20-11-6-5-7-12-20/h5-9,11-17,22,25,31H,4,10,18-19H2,1-3H3. The zero-order valence-electron chi connectivity index (χ0n) is 20.0. The van der Waals surface area contributed by atoms with Crippen molar-refractivity contribution in [2.75, 3.05) is 13.3 Å². The Kier molecular flexibility index (Phi) is 7.60. The highest BCUT2D eigenvalue weighted by atomic mass is 35.5. The molecule has 0 bridgehead atoms. The van der Waals surface area contributed by atoms with Crippen LogP contribution >= 0.6 is 11.6 Å². The fourth-order valence-corrected chi connectivity index (χ4v) is 4.92. The van der Waals surface area contributed by atoms with Crippen LogP contribution in [0.4, 0.5) is 0 Å². The summed E-state index contributed by atoms with van der Waals surface area (Å²) >= 11 is 6.40. The van der Waals surface area contributed by atoms with Crippen molar-refractivity contribution in [3.8, 4) is 11.5 Å². The van der Waals surface area contributed by atoms with Crippen molar-refractivity contribution in [3.05, 3.63) is 94.5 Å². The zero-order chi connectivity index (χ0) is 24.1. The number of para-hydroxylation sites is 1. The van der Waals surface area contributed by atoms with E-state index in [1.54, 1.807) is 0 Å². The first kappa shape index (κ1) is 24.3. The molecule has 2 unspecified atom stereocenters. The topological polar surface area (TPSA) is 47.6 Å². The Hall–Kier alpha value is -2.82. The third-order valence-electron chi connectivity index (χ3n) is 6.67. The summed E-state index contributed by atoms with van der Waals surface area (Å²) in [7, 11) is 0. The number of fused-ring (bicyclic) bond motifs is 2. The Balaban J connectivity index is 1.51. The van der Waals surface area contributed by atoms with Crippen LogP contribution in [0.1, 0.15) is 62.1 Å². The van der Waals surface area contributed by atoms with Gasteiger partial charge in [-0.3, -0.25) is 10.1 Å². The van der Waals surface area contributed by atoms with Gasteiger partial charge in [-0.25, -0.2) is 0 Å². The fourth-order valence-electron chi connectivity index (χ4n) is 4.74. The summed E-state index contributed by atoms with van der Waals surface area (Å²) in [5.74, 6) is 1.84. The molecule has 0 aromatic heterocycles. The quantitative estimate of drug-likeness (QED) is 0.212. The highest BCUT2D eigenvalue weighted by Crippen LogP contribution is 2.48. The van der Waals surface area contributed by atoms with Crippen molar-refractivity contribution < 1.29 is 14.3 Å². The van der Waals surface area contributed by atoms with E-state index >= 15 is 0 Å². The molecule has 1 N–H and O–H groups in total. The Morgan fingerprint density at radius 2 is 1.68 bits per heavy atom. The molecule has 4 nitrogen and oxygen atoms in total. The highest BCUT2D eigenvalue weighted by molar-refractivity contribution is 6.30. The Bertz CT molecular complexity index is 1130. The number of rotatable bonds is 8. The summed E-state index contributed by atoms with van der Waals surface area (Å²) < 4.78 is 12.0. The maximum Gasteiger partial charge on any atom is 0.317 e. The van der Waals surface area contributed by atoms with E-state index in [0.29, 0.717) is 11.6 Å². The largest absolute Gasteiger partial charge is 0.457 e. The number of halogens is 1. The van der Waals surface area contributed by atoms with Gasteiger partial charge in [-0.05, 0) is 61.6 Å². The summed E-state index contributed by atoms with van der Waals surface area (Å²) in [6, 6.07) is 23.8. The van der Waals surface area contributed by atoms with Crippen LogP contribution in [0.5, 0.6) is 11.5 Å². The van der Waals surface area contributed by atoms with E-state index in [9.17, 15) is 4.79 Å². The molecule has 4 rings (SSSR count). The molecule has 1 heterocycles. The maximum absolute atomic E-state index is 12.8. The van der Waals surface area contributed by atoms with E-state index in [2.05, 4.69) is 24.4 Å². The van der Waals surface area contributed by atoms with Crippen LogP contribution in [0, 0.1) is 0 Å². The van der Waals surface area contributed by atoms with E-state index < -0.39 is 5.41 Å². The highest BCUT2D eigenvalue weighted by Gasteiger charge is 2.33. The van der Waals surface area contributed by atoms with Crippen molar-refractivity contribution in [1.82, 2.24) is 5.32 Å². The lowest BCUT2D eigenvalue weighted by atomic mass is 9.79. The minimum absolute atomic E-state index is 0.123. The minimum Gasteiger partial charge on any atom is -0.457 e. The van der Waals surface area contributed by atoms with Crippen LogP contribution < -0.4 is 10.1 Å². The van der Waals surface area contributed by atoms with Crippen LogP contribution in [0.3, 0.4) is 0 Å². The second kappa shape index (κ2) is 10.6. The number of carbonyl (C=O) groups excluding carboxylic acids is 1. The molecule has 0 saturated carbocycles. The van der Waals surface area contributed by atoms with Crippen LogP contribution in [0.15, 0.2) is 72.8 Å². The number of nitrogens with one attached hydrogen (secondary N) is 1. The van der Waals surface area contributed by atoms with Crippen LogP contribution in [-0.2, 0) is 14.9 Å². The molecule has 0 amide bonds. The molecular formula is C29H32ClNO3. The molecule has 0 spiro atoms. The predicted octanol–water partition coefficient (Wildman–Crippen LogP) is 7.18. The van der Waals surface area contributed by atoms with Gasteiger partial charge in [-0.2, -0.15) is 0 Å². The van der Waals surface area contributed by atoms with Crippen molar-refractivity contribution in [2.24, 2.45) is 0 Å². The van der Waals surface area contributed by atoms with Gasteiger partial charge in [0, 0.05) is 23.0 Å². The first-order chi connectivity index (χ1) is 16.4. The van der Waals surface area contributed by atoms with Crippen LogP contribution in [0.2, 0.25) is 5.02 Å². The van der Waals surface area contributed by atoms with Gasteiger partial charge in [0.05, 0.1) is 5.41 Å². The lowest BCUT2D eigenvalue weighted by Crippen LogP contribution is -2.35. The lowest BCUT2D eigenvalue weighted by molar-refractivity contribution is -0.150. The van der Waals surface area contributed by atoms with Gasteiger partial charge < -0.3 is 9.47 Å². The maximum atomic E-state index is 12.8. The average molecular weight is 478 g/mol. The molecule has 178 valence electrons. The second-order valence-corrected chi connectivity index (χ2v) is 9.78. The Morgan fingerprint density at radius 3 is 2.44 bits per heavy atom. The van der Waals surface area contributed by atoms with Crippen molar-refractivity contribution in [3.63, 3.8) is 0 Å². The predicted molar refractivity (Wildman–Crippen MR) is 137 cm³/mol. The van der Waals surface area contributed by atoms with E-state index in [1.807, 2.05) is 74.5 Å². The number of hydrogen-bond donors (Lipinski definition) is 1. The molecule has 2 atom stereocenters. The number of esters is 1. The molecule has 5 heteroatoms. The van der Waals surface area contributed by atoms with Gasteiger partial charge in [0.1, 0.15) is 18.2 Å². The summed E-state index contributed by atoms with van der Waals surface area (Å²) in [5, 5.41) is 4.06. The molecule has 3 aromatic rings. The third-order valence-corrected chi connectivity index (χ3v) is 6.91. The second-order valence-electron chi connectivity index (χ2n) is 9.34. The number of ether oxygens (including phenoxy) is 2. The Morgan fingerprint density at radius 1 is 0.971 bits per heavy atom. The number of hydrogen-bond acceptors (Lipinski definition) is 4. The minimum atomic E-state index is -0.719. The summed E-state index contributed by atoms with van der Waals surface area (Å²) in [4.78, 5) is 12.8. The number of carbonyl (C=O) groups is 1. The first-order valence-corrected chi connectivity index (χ1v) is 12.3. The van der Waals surface area contributed by atoms with Gasteiger partial charge in [0.25, 0.3) is 0 Å². The Labute approximate surface area is 207 Å². The fraction of sp³-hybridized carbons (Fsp3) is 0.345. The third kappa shape index (κ3) is 5.13. The smallest absolute Gasteiger partial charge is 0.317 e. The summed E-state index contributed by atoms with van der Waals surface area (Å²) in [6.07, 6.45) is 2.06. The van der Waals surface area contributed by atoms with Crippen LogP contribution in [-0.4, -0.2) is 19.2 Å². The van der Waals surface area contributed by atoms with Crippen molar-refractivity contribution >= 4 is 17.6 Å². The molecule has 0 aliphatic carbocycles. The van der Waals surface area contributed by atoms with Gasteiger partial charge in [-0.1, -0.05) is 73.5 Å². The van der Waals surface area contributed by atoms with E-state index in [-0.39, 0.29) is 24.5 Å². The molecular weight excluding hydrogens is 446 g/mol. The van der Waals surface area contributed by atoms with Gasteiger partial charge >= 0.3 is 5.97 Å². The lowest BCUT2D eigenvalue weighted by Gasteiger charge is -2.28. The van der Waals surface area contributed by atoms with E-state index in [0.717, 1.165) is 35.5 Å². The average Bonchev–Trinajstić information content (AvgIpc) is 2.97. The molecule has 3 aromatic carbocycles. The van der Waals surface area contributed by atoms with Crippen molar-refractivity contribution in [1.29, 1.82) is 0 Å². The summed E-state index contributed by atoms with van der Waals surface area (Å²) in [5.41, 5.74) is 2.49. The molecule has 0 fully saturated rings. The summed E-state index contributed by atoms with van der Waals surface area (Å²) in [6.45, 7) is 6.75. The van der Waals surface area contributed by atoms with Crippen molar-refractivity contribution in [2.45, 2.75) is 50.9 Å². The van der Waals surface area contributed by atoms with E-state index in [4.69, 9.17) is 21.1 Å². The molecule has 1 aliphatic heterocycles. The van der Waals surface area contributed by atoms with Gasteiger partial charge in [0.15, 0.2) is 0 Å². The number of benzene rings is 3. The zero-order valence-corrected chi connectivity index (χ0v) is 20.8. The SMILES string of the molecule is CCCC1c2ccccc2Oc2ccc(Cl)cc2C1CNCOC(=O)C(C)(C)c1ccccc1. The molecule has 0 radical (unpaired) electrons.